The van der Waals surface area contributed by atoms with Crippen LogP contribution in [0.4, 0.5) is 4.39 Å². The smallest absolute Gasteiger partial charge is 0.267 e. The molecule has 0 bridgehead atoms. The number of nitriles is 1. The summed E-state index contributed by atoms with van der Waals surface area (Å²) in [7, 11) is -3.11. The summed E-state index contributed by atoms with van der Waals surface area (Å²) in [6, 6.07) is 11.0. The fourth-order valence-corrected chi connectivity index (χ4v) is 3.79. The molecule has 1 amide bonds. The van der Waals surface area contributed by atoms with Crippen LogP contribution in [0, 0.1) is 17.1 Å². The third kappa shape index (κ3) is 4.42. The van der Waals surface area contributed by atoms with Crippen LogP contribution in [0.3, 0.4) is 0 Å². The average Bonchev–Trinajstić information content (AvgIpc) is 2.56. The SMILES string of the molecule is COC(C(=O)NS(=O)(=O)c1cc(Br)cc(C#N)c1)c1ccccc1F. The van der Waals surface area contributed by atoms with E-state index in [1.807, 2.05) is 10.8 Å². The van der Waals surface area contributed by atoms with Gasteiger partial charge in [0.2, 0.25) is 0 Å². The summed E-state index contributed by atoms with van der Waals surface area (Å²) in [5, 5.41) is 8.92. The highest BCUT2D eigenvalue weighted by molar-refractivity contribution is 9.10. The van der Waals surface area contributed by atoms with Crippen molar-refractivity contribution in [3.05, 3.63) is 63.9 Å². The van der Waals surface area contributed by atoms with Gasteiger partial charge in [-0.1, -0.05) is 34.1 Å². The van der Waals surface area contributed by atoms with Crippen molar-refractivity contribution in [2.75, 3.05) is 7.11 Å². The number of sulfonamides is 1. The standard InChI is InChI=1S/C16H12BrFN2O4S/c1-24-15(13-4-2-3-5-14(13)18)16(21)20-25(22,23)12-7-10(9-19)6-11(17)8-12/h2-8,15H,1H3,(H,20,21). The largest absolute Gasteiger partial charge is 0.367 e. The number of carbonyl (C=O) groups is 1. The van der Waals surface area contributed by atoms with E-state index in [0.717, 1.165) is 19.2 Å². The number of nitrogens with zero attached hydrogens (tertiary/aromatic N) is 1. The predicted molar refractivity (Wildman–Crippen MR) is 90.3 cm³/mol. The topological polar surface area (TPSA) is 96.3 Å². The Hall–Kier alpha value is -2.28. The molecule has 1 unspecified atom stereocenters. The summed E-state index contributed by atoms with van der Waals surface area (Å²) in [4.78, 5) is 12.0. The Balaban J connectivity index is 2.34. The lowest BCUT2D eigenvalue weighted by Gasteiger charge is -2.16. The predicted octanol–water partition coefficient (Wildman–Crippen LogP) is 2.65. The minimum absolute atomic E-state index is 0.0929. The molecular formula is C16H12BrFN2O4S. The molecule has 25 heavy (non-hydrogen) atoms. The van der Waals surface area contributed by atoms with Crippen molar-refractivity contribution in [1.29, 1.82) is 5.26 Å². The molecule has 0 aromatic heterocycles. The Morgan fingerprint density at radius 3 is 2.60 bits per heavy atom. The first-order valence-corrected chi connectivity index (χ1v) is 9.10. The summed E-state index contributed by atoms with van der Waals surface area (Å²) in [6.07, 6.45) is -1.45. The van der Waals surface area contributed by atoms with Crippen molar-refractivity contribution in [1.82, 2.24) is 4.72 Å². The molecule has 2 aromatic rings. The Kier molecular flexibility index (Phi) is 5.89. The molecule has 0 saturated heterocycles. The number of methoxy groups -OCH3 is 1. The molecule has 130 valence electrons. The van der Waals surface area contributed by atoms with Gasteiger partial charge in [-0.3, -0.25) is 4.79 Å². The quantitative estimate of drug-likeness (QED) is 0.792. The van der Waals surface area contributed by atoms with Gasteiger partial charge in [0.15, 0.2) is 6.10 Å². The molecule has 0 aliphatic rings. The molecule has 2 aromatic carbocycles. The minimum Gasteiger partial charge on any atom is -0.367 e. The second-order valence-electron chi connectivity index (χ2n) is 4.89. The van der Waals surface area contributed by atoms with Crippen LogP contribution >= 0.6 is 15.9 Å². The van der Waals surface area contributed by atoms with Gasteiger partial charge in [0.1, 0.15) is 5.82 Å². The first kappa shape index (κ1) is 19.1. The maximum atomic E-state index is 13.8. The lowest BCUT2D eigenvalue weighted by Crippen LogP contribution is -2.35. The molecule has 0 fully saturated rings. The summed E-state index contributed by atoms with van der Waals surface area (Å²) in [5.74, 6) is -1.75. The molecule has 0 heterocycles. The van der Waals surface area contributed by atoms with Crippen LogP contribution in [-0.4, -0.2) is 21.4 Å². The van der Waals surface area contributed by atoms with Crippen LogP contribution in [0.1, 0.15) is 17.2 Å². The van der Waals surface area contributed by atoms with Crippen LogP contribution < -0.4 is 4.72 Å². The summed E-state index contributed by atoms with van der Waals surface area (Å²) in [6.45, 7) is 0. The van der Waals surface area contributed by atoms with Gasteiger partial charge < -0.3 is 4.74 Å². The second-order valence-corrected chi connectivity index (χ2v) is 7.49. The number of benzene rings is 2. The van der Waals surface area contributed by atoms with Gasteiger partial charge in [-0.15, -0.1) is 0 Å². The molecule has 2 rings (SSSR count). The first-order chi connectivity index (χ1) is 11.8. The zero-order valence-electron chi connectivity index (χ0n) is 12.9. The second kappa shape index (κ2) is 7.74. The van der Waals surface area contributed by atoms with Gasteiger partial charge in [-0.2, -0.15) is 5.26 Å². The normalized spacial score (nSPS) is 12.2. The fraction of sp³-hybridized carbons (Fsp3) is 0.125. The number of halogens is 2. The van der Waals surface area contributed by atoms with E-state index in [0.29, 0.717) is 4.47 Å². The maximum Gasteiger partial charge on any atom is 0.267 e. The van der Waals surface area contributed by atoms with E-state index < -0.39 is 27.9 Å². The van der Waals surface area contributed by atoms with Gasteiger partial charge in [-0.25, -0.2) is 17.5 Å². The van der Waals surface area contributed by atoms with Crippen molar-refractivity contribution in [2.24, 2.45) is 0 Å². The van der Waals surface area contributed by atoms with Gasteiger partial charge in [0.05, 0.1) is 16.5 Å². The van der Waals surface area contributed by atoms with Crippen molar-refractivity contribution in [3.63, 3.8) is 0 Å². The van der Waals surface area contributed by atoms with Crippen LogP contribution in [0.5, 0.6) is 0 Å². The number of carbonyl (C=O) groups excluding carboxylic acids is 1. The van der Waals surface area contributed by atoms with Crippen molar-refractivity contribution < 1.29 is 22.3 Å². The lowest BCUT2D eigenvalue weighted by molar-refractivity contribution is -0.129. The molecular weight excluding hydrogens is 415 g/mol. The molecule has 0 saturated carbocycles. The Morgan fingerprint density at radius 1 is 1.32 bits per heavy atom. The number of ether oxygens (including phenoxy) is 1. The molecule has 1 N–H and O–H groups in total. The van der Waals surface area contributed by atoms with Crippen molar-refractivity contribution in [2.45, 2.75) is 11.0 Å². The number of amides is 1. The Bertz CT molecular complexity index is 957. The number of hydrogen-bond donors (Lipinski definition) is 1. The van der Waals surface area contributed by atoms with Crippen LogP contribution in [0.15, 0.2) is 51.8 Å². The zero-order valence-corrected chi connectivity index (χ0v) is 15.3. The summed E-state index contributed by atoms with van der Waals surface area (Å²) >= 11 is 3.10. The maximum absolute atomic E-state index is 13.8. The third-order valence-electron chi connectivity index (χ3n) is 3.21. The van der Waals surface area contributed by atoms with Gasteiger partial charge in [0, 0.05) is 17.1 Å². The van der Waals surface area contributed by atoms with Gasteiger partial charge >= 0.3 is 0 Å². The average molecular weight is 427 g/mol. The highest BCUT2D eigenvalue weighted by Gasteiger charge is 2.28. The Labute approximate surface area is 152 Å². The highest BCUT2D eigenvalue weighted by Crippen LogP contribution is 2.23. The van der Waals surface area contributed by atoms with E-state index in [1.165, 1.54) is 30.3 Å². The van der Waals surface area contributed by atoms with E-state index in [9.17, 15) is 17.6 Å². The van der Waals surface area contributed by atoms with Gasteiger partial charge in [-0.05, 0) is 24.3 Å². The van der Waals surface area contributed by atoms with Crippen LogP contribution in [0.25, 0.3) is 0 Å². The van der Waals surface area contributed by atoms with Crippen LogP contribution in [-0.2, 0) is 19.6 Å². The first-order valence-electron chi connectivity index (χ1n) is 6.83. The summed E-state index contributed by atoms with van der Waals surface area (Å²) in [5.41, 5.74) is 0.00394. The van der Waals surface area contributed by atoms with E-state index in [1.54, 1.807) is 0 Å². The fourth-order valence-electron chi connectivity index (χ4n) is 2.09. The zero-order chi connectivity index (χ0) is 18.6. The molecule has 0 aliphatic carbocycles. The number of rotatable bonds is 5. The third-order valence-corrected chi connectivity index (χ3v) is 4.99. The minimum atomic E-state index is -4.27. The lowest BCUT2D eigenvalue weighted by atomic mass is 10.1. The monoisotopic (exact) mass is 426 g/mol. The Morgan fingerprint density at radius 2 is 2.00 bits per heavy atom. The van der Waals surface area contributed by atoms with Gasteiger partial charge in [0.25, 0.3) is 15.9 Å². The van der Waals surface area contributed by atoms with Crippen molar-refractivity contribution >= 4 is 31.9 Å². The van der Waals surface area contributed by atoms with E-state index >= 15 is 0 Å². The molecule has 9 heteroatoms. The highest BCUT2D eigenvalue weighted by atomic mass is 79.9. The van der Waals surface area contributed by atoms with Crippen LogP contribution in [0.2, 0.25) is 0 Å². The molecule has 0 spiro atoms. The number of nitrogens with one attached hydrogen (secondary N) is 1. The number of hydrogen-bond acceptors (Lipinski definition) is 5. The van der Waals surface area contributed by atoms with E-state index in [2.05, 4.69) is 15.9 Å². The van der Waals surface area contributed by atoms with E-state index in [4.69, 9.17) is 10.00 Å². The molecule has 1 atom stereocenters. The van der Waals surface area contributed by atoms with Crippen molar-refractivity contribution in [3.8, 4) is 6.07 Å². The molecule has 0 aliphatic heterocycles. The molecule has 6 nitrogen and oxygen atoms in total. The van der Waals surface area contributed by atoms with E-state index in [-0.39, 0.29) is 16.0 Å². The summed E-state index contributed by atoms with van der Waals surface area (Å²) < 4.78 is 45.8. The molecule has 0 radical (unpaired) electrons.